The standard InChI is InChI=1S/C25H26ClN7O3/c1-14(34)20(35)18-11-9-17(10-12-18)16-7-5-15(6-8-16)4-2-3-13-30-25(29)33-24(36)19-22(27)32-23(28)21(26)31-19/h5-12H,2-4,13H2,1H3,(H4,27,28,32)(H3,29,30,33,36). The van der Waals surface area contributed by atoms with Gasteiger partial charge in [-0.2, -0.15) is 0 Å². The third-order valence-corrected chi connectivity index (χ3v) is 5.55. The van der Waals surface area contributed by atoms with Crippen molar-refractivity contribution >= 4 is 46.7 Å². The summed E-state index contributed by atoms with van der Waals surface area (Å²) >= 11 is 5.78. The van der Waals surface area contributed by atoms with Crippen molar-refractivity contribution in [2.75, 3.05) is 18.0 Å². The Morgan fingerprint density at radius 2 is 1.53 bits per heavy atom. The molecule has 0 atom stereocenters. The van der Waals surface area contributed by atoms with Crippen molar-refractivity contribution in [1.82, 2.24) is 15.3 Å². The van der Waals surface area contributed by atoms with Gasteiger partial charge in [-0.05, 0) is 36.0 Å². The number of hydrogen-bond acceptors (Lipinski definition) is 8. The minimum Gasteiger partial charge on any atom is -0.382 e. The molecule has 0 radical (unpaired) electrons. The lowest BCUT2D eigenvalue weighted by atomic mass is 9.99. The molecule has 0 saturated heterocycles. The van der Waals surface area contributed by atoms with Crippen LogP contribution in [0, 0.1) is 0 Å². The summed E-state index contributed by atoms with van der Waals surface area (Å²) in [5.74, 6) is -1.93. The van der Waals surface area contributed by atoms with Crippen molar-refractivity contribution < 1.29 is 14.4 Å². The van der Waals surface area contributed by atoms with E-state index in [1.807, 2.05) is 36.4 Å². The number of hydrogen-bond donors (Lipinski definition) is 4. The highest BCUT2D eigenvalue weighted by atomic mass is 35.5. The number of aromatic nitrogens is 2. The topological polar surface area (TPSA) is 179 Å². The minimum atomic E-state index is -0.677. The van der Waals surface area contributed by atoms with E-state index in [0.29, 0.717) is 12.1 Å². The van der Waals surface area contributed by atoms with Gasteiger partial charge in [0.05, 0.1) is 0 Å². The molecular weight excluding hydrogens is 482 g/mol. The van der Waals surface area contributed by atoms with Gasteiger partial charge in [0, 0.05) is 19.0 Å². The van der Waals surface area contributed by atoms with E-state index in [4.69, 9.17) is 28.8 Å². The van der Waals surface area contributed by atoms with Crippen LogP contribution >= 0.6 is 11.6 Å². The number of halogens is 1. The van der Waals surface area contributed by atoms with Crippen LogP contribution in [0.4, 0.5) is 11.6 Å². The molecule has 10 nitrogen and oxygen atoms in total. The monoisotopic (exact) mass is 507 g/mol. The summed E-state index contributed by atoms with van der Waals surface area (Å²) in [6.45, 7) is 1.69. The number of aliphatic imine (C=N–C) groups is 1. The van der Waals surface area contributed by atoms with Gasteiger partial charge in [-0.25, -0.2) is 9.97 Å². The minimum absolute atomic E-state index is 0.0606. The lowest BCUT2D eigenvalue weighted by molar-refractivity contribution is -0.113. The van der Waals surface area contributed by atoms with E-state index in [1.54, 1.807) is 12.1 Å². The molecule has 0 spiro atoms. The van der Waals surface area contributed by atoms with Gasteiger partial charge in [0.25, 0.3) is 5.91 Å². The summed E-state index contributed by atoms with van der Waals surface area (Å²) in [5, 5.41) is 2.27. The van der Waals surface area contributed by atoms with E-state index in [1.165, 1.54) is 12.5 Å². The summed E-state index contributed by atoms with van der Waals surface area (Å²) in [6, 6.07) is 15.1. The fourth-order valence-corrected chi connectivity index (χ4v) is 3.47. The Morgan fingerprint density at radius 3 is 2.14 bits per heavy atom. The van der Waals surface area contributed by atoms with E-state index < -0.39 is 17.5 Å². The Kier molecular flexibility index (Phi) is 8.69. The van der Waals surface area contributed by atoms with Gasteiger partial charge in [0.2, 0.25) is 5.78 Å². The number of nitrogens with one attached hydrogen (secondary N) is 1. The Labute approximate surface area is 213 Å². The number of guanidine groups is 1. The molecular formula is C25H26ClN7O3. The van der Waals surface area contributed by atoms with E-state index in [0.717, 1.165) is 30.4 Å². The third kappa shape index (κ3) is 6.86. The predicted octanol–water partition coefficient (Wildman–Crippen LogP) is 2.80. The summed E-state index contributed by atoms with van der Waals surface area (Å²) in [7, 11) is 0. The lowest BCUT2D eigenvalue weighted by Crippen LogP contribution is -2.38. The number of nitrogens with two attached hydrogens (primary N) is 3. The van der Waals surface area contributed by atoms with E-state index in [-0.39, 0.29) is 28.4 Å². The molecule has 2 aromatic carbocycles. The second kappa shape index (κ2) is 11.9. The SMILES string of the molecule is CC(=O)C(=O)c1ccc(-c2ccc(CCCCN=C(N)NC(=O)c3nc(Cl)c(N)nc3N)cc2)cc1. The number of anilines is 2. The van der Waals surface area contributed by atoms with Crippen molar-refractivity contribution in [1.29, 1.82) is 0 Å². The van der Waals surface area contributed by atoms with Crippen LogP contribution in [-0.2, 0) is 11.2 Å². The number of carbonyl (C=O) groups excluding carboxylic acids is 3. The van der Waals surface area contributed by atoms with Crippen LogP contribution in [-0.4, -0.2) is 39.9 Å². The fourth-order valence-electron chi connectivity index (χ4n) is 3.35. The average Bonchev–Trinajstić information content (AvgIpc) is 2.86. The number of carbonyl (C=O) groups is 3. The van der Waals surface area contributed by atoms with E-state index in [9.17, 15) is 14.4 Å². The number of amides is 1. The second-order valence-electron chi connectivity index (χ2n) is 7.97. The zero-order valence-electron chi connectivity index (χ0n) is 19.6. The highest BCUT2D eigenvalue weighted by molar-refractivity contribution is 6.42. The molecule has 3 aromatic rings. The molecule has 36 heavy (non-hydrogen) atoms. The van der Waals surface area contributed by atoms with Crippen LogP contribution < -0.4 is 22.5 Å². The fraction of sp³-hybridized carbons (Fsp3) is 0.200. The van der Waals surface area contributed by atoms with Gasteiger partial charge in [0.15, 0.2) is 34.2 Å². The highest BCUT2D eigenvalue weighted by Crippen LogP contribution is 2.21. The molecule has 1 amide bonds. The van der Waals surface area contributed by atoms with Gasteiger partial charge < -0.3 is 17.2 Å². The van der Waals surface area contributed by atoms with Crippen molar-refractivity contribution in [3.05, 3.63) is 70.5 Å². The van der Waals surface area contributed by atoms with Crippen LogP contribution in [0.15, 0.2) is 53.5 Å². The molecule has 0 aliphatic rings. The first-order valence-electron chi connectivity index (χ1n) is 11.1. The third-order valence-electron chi connectivity index (χ3n) is 5.27. The number of aryl methyl sites for hydroxylation is 1. The smallest absolute Gasteiger partial charge is 0.280 e. The van der Waals surface area contributed by atoms with E-state index in [2.05, 4.69) is 20.3 Å². The molecule has 0 bridgehead atoms. The molecule has 7 N–H and O–H groups in total. The van der Waals surface area contributed by atoms with Gasteiger partial charge in [-0.1, -0.05) is 60.1 Å². The molecule has 3 rings (SSSR count). The number of benzene rings is 2. The maximum absolute atomic E-state index is 12.2. The quantitative estimate of drug-likeness (QED) is 0.112. The summed E-state index contributed by atoms with van der Waals surface area (Å²) in [6.07, 6.45) is 2.49. The van der Waals surface area contributed by atoms with Crippen LogP contribution in [0.1, 0.15) is 46.2 Å². The summed E-state index contributed by atoms with van der Waals surface area (Å²) in [4.78, 5) is 46.9. The Balaban J connectivity index is 1.45. The number of rotatable bonds is 9. The number of unbranched alkanes of at least 4 members (excludes halogenated alkanes) is 1. The predicted molar refractivity (Wildman–Crippen MR) is 140 cm³/mol. The van der Waals surface area contributed by atoms with Crippen LogP contribution in [0.5, 0.6) is 0 Å². The van der Waals surface area contributed by atoms with Gasteiger partial charge in [-0.3, -0.25) is 24.7 Å². The van der Waals surface area contributed by atoms with Crippen molar-refractivity contribution in [2.45, 2.75) is 26.2 Å². The summed E-state index contributed by atoms with van der Waals surface area (Å²) in [5.41, 5.74) is 20.3. The first kappa shape index (κ1) is 26.3. The maximum atomic E-state index is 12.2. The second-order valence-corrected chi connectivity index (χ2v) is 8.33. The zero-order valence-corrected chi connectivity index (χ0v) is 20.4. The Hall–Kier alpha value is -4.31. The van der Waals surface area contributed by atoms with Crippen molar-refractivity contribution in [3.8, 4) is 11.1 Å². The molecule has 11 heteroatoms. The first-order valence-corrected chi connectivity index (χ1v) is 11.5. The normalized spacial score (nSPS) is 11.2. The van der Waals surface area contributed by atoms with Gasteiger partial charge >= 0.3 is 0 Å². The molecule has 1 heterocycles. The molecule has 0 aliphatic carbocycles. The van der Waals surface area contributed by atoms with Gasteiger partial charge in [-0.15, -0.1) is 0 Å². The largest absolute Gasteiger partial charge is 0.382 e. The van der Waals surface area contributed by atoms with Crippen molar-refractivity contribution in [2.24, 2.45) is 10.7 Å². The number of Topliss-reactive ketones (excluding diaryl/α,β-unsaturated/α-hetero) is 2. The maximum Gasteiger partial charge on any atom is 0.280 e. The van der Waals surface area contributed by atoms with Crippen LogP contribution in [0.2, 0.25) is 5.15 Å². The lowest BCUT2D eigenvalue weighted by Gasteiger charge is -2.07. The first-order chi connectivity index (χ1) is 17.2. The highest BCUT2D eigenvalue weighted by Gasteiger charge is 2.16. The molecule has 0 aliphatic heterocycles. The Morgan fingerprint density at radius 1 is 0.917 bits per heavy atom. The zero-order chi connectivity index (χ0) is 26.2. The van der Waals surface area contributed by atoms with E-state index >= 15 is 0 Å². The van der Waals surface area contributed by atoms with Crippen LogP contribution in [0.25, 0.3) is 11.1 Å². The Bertz CT molecular complexity index is 1310. The number of nitrogen functional groups attached to an aromatic ring is 2. The van der Waals surface area contributed by atoms with Crippen LogP contribution in [0.3, 0.4) is 0 Å². The van der Waals surface area contributed by atoms with Crippen molar-refractivity contribution in [3.63, 3.8) is 0 Å². The number of nitrogens with zero attached hydrogens (tertiary/aromatic N) is 3. The molecule has 0 fully saturated rings. The molecule has 0 unspecified atom stereocenters. The number of ketones is 2. The average molecular weight is 508 g/mol. The molecule has 186 valence electrons. The van der Waals surface area contributed by atoms with Gasteiger partial charge in [0.1, 0.15) is 0 Å². The summed E-state index contributed by atoms with van der Waals surface area (Å²) < 4.78 is 0. The molecule has 1 aromatic heterocycles. The molecule has 0 saturated carbocycles.